The maximum absolute atomic E-state index is 11.5. The lowest BCUT2D eigenvalue weighted by Crippen LogP contribution is -2.39. The highest BCUT2D eigenvalue weighted by Gasteiger charge is 2.14. The van der Waals surface area contributed by atoms with E-state index in [4.69, 9.17) is 5.11 Å². The zero-order valence-corrected chi connectivity index (χ0v) is 12.0. The van der Waals surface area contributed by atoms with Gasteiger partial charge in [-0.3, -0.25) is 19.9 Å². The van der Waals surface area contributed by atoms with E-state index in [1.54, 1.807) is 13.0 Å². The lowest BCUT2D eigenvalue weighted by Gasteiger charge is -2.09. The Morgan fingerprint density at radius 1 is 1.29 bits per heavy atom. The van der Waals surface area contributed by atoms with Crippen molar-refractivity contribution in [2.75, 3.05) is 0 Å². The number of carboxylic acids is 1. The van der Waals surface area contributed by atoms with Gasteiger partial charge < -0.3 is 10.4 Å². The van der Waals surface area contributed by atoms with Crippen molar-refractivity contribution in [2.24, 2.45) is 5.92 Å². The first-order valence-electron chi connectivity index (χ1n) is 6.59. The largest absolute Gasteiger partial charge is 0.481 e. The van der Waals surface area contributed by atoms with Crippen LogP contribution in [0, 0.1) is 12.8 Å². The molecule has 7 heteroatoms. The van der Waals surface area contributed by atoms with Crippen molar-refractivity contribution in [2.45, 2.75) is 33.2 Å². The van der Waals surface area contributed by atoms with E-state index in [2.05, 4.69) is 15.6 Å². The summed E-state index contributed by atoms with van der Waals surface area (Å²) < 4.78 is 0. The molecule has 114 valence electrons. The standard InChI is InChI=1S/C14H19N3O4/c1-9(7-13(19)20)6-12(18)17-14(21)15-8-11-5-3-4-10(2)16-11/h3-5,9H,6-8H2,1-2H3,(H,19,20)(H2,15,17,18,21). The number of aliphatic carboxylic acids is 1. The molecule has 0 aliphatic heterocycles. The molecule has 1 atom stereocenters. The fourth-order valence-electron chi connectivity index (χ4n) is 1.78. The molecule has 1 aromatic heterocycles. The SMILES string of the molecule is Cc1cccc(CNC(=O)NC(=O)CC(C)CC(=O)O)n1. The van der Waals surface area contributed by atoms with E-state index in [9.17, 15) is 14.4 Å². The Kier molecular flexibility index (Phi) is 6.32. The Labute approximate surface area is 122 Å². The maximum Gasteiger partial charge on any atom is 0.321 e. The van der Waals surface area contributed by atoms with Crippen LogP contribution in [0.25, 0.3) is 0 Å². The minimum atomic E-state index is -0.967. The number of nitrogens with zero attached hydrogens (tertiary/aromatic N) is 1. The third-order valence-corrected chi connectivity index (χ3v) is 2.69. The Morgan fingerprint density at radius 3 is 2.62 bits per heavy atom. The Bertz CT molecular complexity index is 531. The summed E-state index contributed by atoms with van der Waals surface area (Å²) in [6, 6.07) is 4.82. The van der Waals surface area contributed by atoms with Gasteiger partial charge in [-0.2, -0.15) is 0 Å². The van der Waals surface area contributed by atoms with Gasteiger partial charge in [0, 0.05) is 18.5 Å². The van der Waals surface area contributed by atoms with E-state index in [0.29, 0.717) is 5.69 Å². The summed E-state index contributed by atoms with van der Waals surface area (Å²) in [4.78, 5) is 37.8. The minimum Gasteiger partial charge on any atom is -0.481 e. The van der Waals surface area contributed by atoms with Gasteiger partial charge in [0.05, 0.1) is 12.2 Å². The quantitative estimate of drug-likeness (QED) is 0.730. The number of pyridine rings is 1. The molecule has 1 rings (SSSR count). The predicted molar refractivity (Wildman–Crippen MR) is 75.4 cm³/mol. The molecular formula is C14H19N3O4. The van der Waals surface area contributed by atoms with Gasteiger partial charge in [-0.25, -0.2) is 4.79 Å². The molecule has 0 spiro atoms. The highest BCUT2D eigenvalue weighted by atomic mass is 16.4. The first-order chi connectivity index (χ1) is 9.86. The summed E-state index contributed by atoms with van der Waals surface area (Å²) in [6.45, 7) is 3.70. The van der Waals surface area contributed by atoms with E-state index < -0.39 is 17.9 Å². The smallest absolute Gasteiger partial charge is 0.321 e. The van der Waals surface area contributed by atoms with E-state index in [0.717, 1.165) is 5.69 Å². The molecular weight excluding hydrogens is 274 g/mol. The molecule has 0 aliphatic rings. The van der Waals surface area contributed by atoms with Gasteiger partial charge in [0.15, 0.2) is 0 Å². The molecule has 0 aromatic carbocycles. The second kappa shape index (κ2) is 7.98. The molecule has 0 fully saturated rings. The van der Waals surface area contributed by atoms with Crippen molar-refractivity contribution in [1.82, 2.24) is 15.6 Å². The number of carbonyl (C=O) groups excluding carboxylic acids is 2. The number of aryl methyl sites for hydroxylation is 1. The molecule has 0 saturated heterocycles. The summed E-state index contributed by atoms with van der Waals surface area (Å²) in [5.41, 5.74) is 1.53. The van der Waals surface area contributed by atoms with Crippen molar-refractivity contribution >= 4 is 17.9 Å². The van der Waals surface area contributed by atoms with Gasteiger partial charge >= 0.3 is 12.0 Å². The van der Waals surface area contributed by atoms with Crippen molar-refractivity contribution in [3.8, 4) is 0 Å². The fraction of sp³-hybridized carbons (Fsp3) is 0.429. The van der Waals surface area contributed by atoms with Crippen LogP contribution in [0.4, 0.5) is 4.79 Å². The summed E-state index contributed by atoms with van der Waals surface area (Å²) in [7, 11) is 0. The summed E-state index contributed by atoms with van der Waals surface area (Å²) in [5.74, 6) is -1.79. The maximum atomic E-state index is 11.5. The number of hydrogen-bond acceptors (Lipinski definition) is 4. The fourth-order valence-corrected chi connectivity index (χ4v) is 1.78. The lowest BCUT2D eigenvalue weighted by molar-refractivity contribution is -0.138. The zero-order valence-electron chi connectivity index (χ0n) is 12.0. The molecule has 21 heavy (non-hydrogen) atoms. The number of amides is 3. The molecule has 3 N–H and O–H groups in total. The molecule has 0 aliphatic carbocycles. The van der Waals surface area contributed by atoms with E-state index in [1.807, 2.05) is 19.1 Å². The topological polar surface area (TPSA) is 108 Å². The van der Waals surface area contributed by atoms with Crippen LogP contribution in [-0.4, -0.2) is 28.0 Å². The third kappa shape index (κ3) is 7.05. The van der Waals surface area contributed by atoms with Crippen LogP contribution in [0.5, 0.6) is 0 Å². The number of aromatic nitrogens is 1. The molecule has 1 unspecified atom stereocenters. The van der Waals surface area contributed by atoms with Crippen LogP contribution >= 0.6 is 0 Å². The van der Waals surface area contributed by atoms with Gasteiger partial charge in [0.1, 0.15) is 0 Å². The van der Waals surface area contributed by atoms with Gasteiger partial charge in [-0.05, 0) is 25.0 Å². The monoisotopic (exact) mass is 293 g/mol. The molecule has 1 aromatic rings. The Morgan fingerprint density at radius 2 is 2.00 bits per heavy atom. The van der Waals surface area contributed by atoms with Gasteiger partial charge in [0.2, 0.25) is 5.91 Å². The average Bonchev–Trinajstić information content (AvgIpc) is 2.35. The summed E-state index contributed by atoms with van der Waals surface area (Å²) in [6.07, 6.45) is -0.120. The Hall–Kier alpha value is -2.44. The van der Waals surface area contributed by atoms with Crippen molar-refractivity contribution < 1.29 is 19.5 Å². The second-order valence-electron chi connectivity index (χ2n) is 4.91. The molecule has 0 saturated carbocycles. The van der Waals surface area contributed by atoms with Gasteiger partial charge in [-0.15, -0.1) is 0 Å². The highest BCUT2D eigenvalue weighted by molar-refractivity contribution is 5.94. The van der Waals surface area contributed by atoms with Gasteiger partial charge in [0.25, 0.3) is 0 Å². The summed E-state index contributed by atoms with van der Waals surface area (Å²) in [5, 5.41) is 13.3. The number of urea groups is 1. The number of carbonyl (C=O) groups is 3. The van der Waals surface area contributed by atoms with Crippen LogP contribution in [0.3, 0.4) is 0 Å². The van der Waals surface area contributed by atoms with E-state index >= 15 is 0 Å². The molecule has 3 amide bonds. The number of rotatable bonds is 6. The van der Waals surface area contributed by atoms with Crippen LogP contribution in [0.2, 0.25) is 0 Å². The first kappa shape index (κ1) is 16.6. The average molecular weight is 293 g/mol. The molecule has 1 heterocycles. The first-order valence-corrected chi connectivity index (χ1v) is 6.59. The van der Waals surface area contributed by atoms with Crippen molar-refractivity contribution in [3.63, 3.8) is 0 Å². The molecule has 0 bridgehead atoms. The van der Waals surface area contributed by atoms with Crippen LogP contribution < -0.4 is 10.6 Å². The Balaban J connectivity index is 2.33. The number of imide groups is 1. The minimum absolute atomic E-state index is 0.0115. The highest BCUT2D eigenvalue weighted by Crippen LogP contribution is 2.06. The third-order valence-electron chi connectivity index (χ3n) is 2.69. The van der Waals surface area contributed by atoms with Crippen LogP contribution in [-0.2, 0) is 16.1 Å². The lowest BCUT2D eigenvalue weighted by atomic mass is 10.0. The second-order valence-corrected chi connectivity index (χ2v) is 4.91. The van der Waals surface area contributed by atoms with Crippen molar-refractivity contribution in [1.29, 1.82) is 0 Å². The zero-order chi connectivity index (χ0) is 15.8. The van der Waals surface area contributed by atoms with Crippen molar-refractivity contribution in [3.05, 3.63) is 29.6 Å². The van der Waals surface area contributed by atoms with Crippen LogP contribution in [0.15, 0.2) is 18.2 Å². The number of carboxylic acid groups (broad SMARTS) is 1. The molecule has 0 radical (unpaired) electrons. The predicted octanol–water partition coefficient (Wildman–Crippen LogP) is 1.22. The van der Waals surface area contributed by atoms with Gasteiger partial charge in [-0.1, -0.05) is 13.0 Å². The number of nitrogens with one attached hydrogen (secondary N) is 2. The number of hydrogen-bond donors (Lipinski definition) is 3. The van der Waals surface area contributed by atoms with Crippen LogP contribution in [0.1, 0.15) is 31.2 Å². The van der Waals surface area contributed by atoms with E-state index in [-0.39, 0.29) is 25.3 Å². The molecule has 7 nitrogen and oxygen atoms in total. The summed E-state index contributed by atoms with van der Waals surface area (Å²) >= 11 is 0. The van der Waals surface area contributed by atoms with E-state index in [1.165, 1.54) is 0 Å². The normalized spacial score (nSPS) is 11.5.